The first-order valence-corrected chi connectivity index (χ1v) is 12.2. The second-order valence-corrected chi connectivity index (χ2v) is 9.63. The van der Waals surface area contributed by atoms with E-state index < -0.39 is 15.8 Å². The van der Waals surface area contributed by atoms with Gasteiger partial charge < -0.3 is 10.2 Å². The van der Waals surface area contributed by atoms with E-state index in [4.69, 9.17) is 0 Å². The lowest BCUT2D eigenvalue weighted by atomic mass is 9.97. The molecule has 0 atom stereocenters. The van der Waals surface area contributed by atoms with E-state index in [2.05, 4.69) is 36.2 Å². The summed E-state index contributed by atoms with van der Waals surface area (Å²) < 4.78 is 39.9. The van der Waals surface area contributed by atoms with Crippen molar-refractivity contribution in [1.82, 2.24) is 9.62 Å². The summed E-state index contributed by atoms with van der Waals surface area (Å²) in [7, 11) is -3.67. The normalized spacial score (nSPS) is 15.6. The van der Waals surface area contributed by atoms with Gasteiger partial charge in [-0.15, -0.1) is 0 Å². The number of benzene rings is 2. The van der Waals surface area contributed by atoms with Crippen LogP contribution in [-0.4, -0.2) is 44.8 Å². The molecule has 1 aliphatic rings. The molecular formula is C23H30FN3O3S. The van der Waals surface area contributed by atoms with Crippen LogP contribution in [0, 0.1) is 11.7 Å². The van der Waals surface area contributed by atoms with Gasteiger partial charge in [0.25, 0.3) is 0 Å². The number of hydrogen-bond acceptors (Lipinski definition) is 4. The molecule has 1 saturated heterocycles. The average molecular weight is 448 g/mol. The molecule has 1 aliphatic heterocycles. The first kappa shape index (κ1) is 23.2. The Labute approximate surface area is 184 Å². The maximum Gasteiger partial charge on any atom is 0.243 e. The van der Waals surface area contributed by atoms with E-state index in [-0.39, 0.29) is 29.8 Å². The van der Waals surface area contributed by atoms with Crippen molar-refractivity contribution in [2.24, 2.45) is 5.92 Å². The van der Waals surface area contributed by atoms with Crippen molar-refractivity contribution >= 4 is 21.6 Å². The number of carbonyl (C=O) groups is 1. The standard InChI is InChI=1S/C23H30FN3O3S/c1-3-26(4-2)21-9-5-18(6-10-21)17-25-23(28)19-13-15-27(16-14-19)31(29,30)22-11-7-20(24)8-12-22/h5-12,19H,3-4,13-17H2,1-2H3,(H,25,28). The third kappa shape index (κ3) is 5.62. The molecule has 0 spiro atoms. The van der Waals surface area contributed by atoms with Crippen molar-refractivity contribution in [3.05, 3.63) is 59.9 Å². The minimum Gasteiger partial charge on any atom is -0.372 e. The number of nitrogens with zero attached hydrogens (tertiary/aromatic N) is 2. The number of sulfonamides is 1. The van der Waals surface area contributed by atoms with E-state index in [1.807, 2.05) is 12.1 Å². The van der Waals surface area contributed by atoms with Crippen LogP contribution in [0.5, 0.6) is 0 Å². The highest BCUT2D eigenvalue weighted by atomic mass is 32.2. The van der Waals surface area contributed by atoms with Gasteiger partial charge in [0.15, 0.2) is 0 Å². The molecule has 8 heteroatoms. The third-order valence-corrected chi connectivity index (χ3v) is 7.72. The second-order valence-electron chi connectivity index (χ2n) is 7.69. The number of amides is 1. The van der Waals surface area contributed by atoms with Gasteiger partial charge >= 0.3 is 0 Å². The van der Waals surface area contributed by atoms with Crippen LogP contribution < -0.4 is 10.2 Å². The number of hydrogen-bond donors (Lipinski definition) is 1. The lowest BCUT2D eigenvalue weighted by Crippen LogP contribution is -2.42. The molecule has 6 nitrogen and oxygen atoms in total. The molecule has 3 rings (SSSR count). The van der Waals surface area contributed by atoms with E-state index in [9.17, 15) is 17.6 Å². The van der Waals surface area contributed by atoms with Gasteiger partial charge in [-0.2, -0.15) is 4.31 Å². The molecule has 0 unspecified atom stereocenters. The fourth-order valence-electron chi connectivity index (χ4n) is 3.86. The summed E-state index contributed by atoms with van der Waals surface area (Å²) in [5, 5.41) is 2.97. The molecule has 1 amide bonds. The quantitative estimate of drug-likeness (QED) is 0.674. The van der Waals surface area contributed by atoms with E-state index >= 15 is 0 Å². The number of nitrogens with one attached hydrogen (secondary N) is 1. The Morgan fingerprint density at radius 1 is 1.03 bits per heavy atom. The molecule has 0 aromatic heterocycles. The Morgan fingerprint density at radius 3 is 2.16 bits per heavy atom. The highest BCUT2D eigenvalue weighted by Crippen LogP contribution is 2.24. The van der Waals surface area contributed by atoms with Crippen molar-refractivity contribution in [2.45, 2.75) is 38.1 Å². The highest BCUT2D eigenvalue weighted by molar-refractivity contribution is 7.89. The molecule has 1 heterocycles. The number of anilines is 1. The molecule has 31 heavy (non-hydrogen) atoms. The number of piperidine rings is 1. The average Bonchev–Trinajstić information content (AvgIpc) is 2.79. The zero-order valence-corrected chi connectivity index (χ0v) is 18.9. The summed E-state index contributed by atoms with van der Waals surface area (Å²) in [5.74, 6) is -0.738. The fourth-order valence-corrected chi connectivity index (χ4v) is 5.33. The van der Waals surface area contributed by atoms with E-state index in [0.717, 1.165) is 36.5 Å². The smallest absolute Gasteiger partial charge is 0.243 e. The van der Waals surface area contributed by atoms with Crippen LogP contribution in [0.1, 0.15) is 32.3 Å². The minimum absolute atomic E-state index is 0.0494. The molecule has 0 saturated carbocycles. The Kier molecular flexibility index (Phi) is 7.67. The topological polar surface area (TPSA) is 69.7 Å². The fraction of sp³-hybridized carbons (Fsp3) is 0.435. The van der Waals surface area contributed by atoms with E-state index in [1.165, 1.54) is 16.4 Å². The van der Waals surface area contributed by atoms with E-state index in [0.29, 0.717) is 19.4 Å². The second kappa shape index (κ2) is 10.2. The lowest BCUT2D eigenvalue weighted by molar-refractivity contribution is -0.126. The van der Waals surface area contributed by atoms with Crippen molar-refractivity contribution in [3.8, 4) is 0 Å². The zero-order chi connectivity index (χ0) is 22.4. The van der Waals surface area contributed by atoms with Crippen LogP contribution in [0.4, 0.5) is 10.1 Å². The molecule has 1 N–H and O–H groups in total. The monoisotopic (exact) mass is 447 g/mol. The van der Waals surface area contributed by atoms with Gasteiger partial charge in [-0.25, -0.2) is 12.8 Å². The van der Waals surface area contributed by atoms with Crippen LogP contribution in [0.3, 0.4) is 0 Å². The highest BCUT2D eigenvalue weighted by Gasteiger charge is 2.32. The molecule has 1 fully saturated rings. The van der Waals surface area contributed by atoms with Crippen molar-refractivity contribution in [1.29, 1.82) is 0 Å². The van der Waals surface area contributed by atoms with Crippen LogP contribution in [0.25, 0.3) is 0 Å². The molecule has 168 valence electrons. The molecule has 0 bridgehead atoms. The predicted molar refractivity (Wildman–Crippen MR) is 120 cm³/mol. The largest absolute Gasteiger partial charge is 0.372 e. The molecule has 0 radical (unpaired) electrons. The Hall–Kier alpha value is -2.45. The molecule has 2 aromatic rings. The van der Waals surface area contributed by atoms with Crippen molar-refractivity contribution < 1.29 is 17.6 Å². The van der Waals surface area contributed by atoms with Gasteiger partial charge in [-0.05, 0) is 68.7 Å². The summed E-state index contributed by atoms with van der Waals surface area (Å²) in [4.78, 5) is 14.9. The number of halogens is 1. The molecule has 2 aromatic carbocycles. The van der Waals surface area contributed by atoms with Crippen molar-refractivity contribution in [2.75, 3.05) is 31.1 Å². The summed E-state index contributed by atoms with van der Waals surface area (Å²) in [6, 6.07) is 13.0. The summed E-state index contributed by atoms with van der Waals surface area (Å²) in [5.41, 5.74) is 2.19. The summed E-state index contributed by atoms with van der Waals surface area (Å²) in [6.45, 7) is 7.13. The van der Waals surface area contributed by atoms with Crippen LogP contribution in [0.2, 0.25) is 0 Å². The van der Waals surface area contributed by atoms with Crippen LogP contribution >= 0.6 is 0 Å². The predicted octanol–water partition coefficient (Wildman–Crippen LogP) is 3.39. The summed E-state index contributed by atoms with van der Waals surface area (Å²) >= 11 is 0. The Balaban J connectivity index is 1.50. The van der Waals surface area contributed by atoms with Gasteiger partial charge in [0.05, 0.1) is 4.90 Å². The molecular weight excluding hydrogens is 417 g/mol. The summed E-state index contributed by atoms with van der Waals surface area (Å²) in [6.07, 6.45) is 0.931. The zero-order valence-electron chi connectivity index (χ0n) is 18.1. The lowest BCUT2D eigenvalue weighted by Gasteiger charge is -2.30. The Bertz CT molecular complexity index is 966. The third-order valence-electron chi connectivity index (χ3n) is 5.81. The van der Waals surface area contributed by atoms with E-state index in [1.54, 1.807) is 0 Å². The van der Waals surface area contributed by atoms with Gasteiger partial charge in [0.1, 0.15) is 5.82 Å². The maximum absolute atomic E-state index is 13.1. The first-order chi connectivity index (χ1) is 14.8. The van der Waals surface area contributed by atoms with Gasteiger partial charge in [0, 0.05) is 44.3 Å². The van der Waals surface area contributed by atoms with Crippen LogP contribution in [-0.2, 0) is 21.4 Å². The number of rotatable bonds is 8. The van der Waals surface area contributed by atoms with Crippen molar-refractivity contribution in [3.63, 3.8) is 0 Å². The SMILES string of the molecule is CCN(CC)c1ccc(CNC(=O)C2CCN(S(=O)(=O)c3ccc(F)cc3)CC2)cc1. The number of carbonyl (C=O) groups excluding carboxylic acids is 1. The maximum atomic E-state index is 13.1. The molecule has 0 aliphatic carbocycles. The van der Waals surface area contributed by atoms with Crippen LogP contribution in [0.15, 0.2) is 53.4 Å². The minimum atomic E-state index is -3.67. The first-order valence-electron chi connectivity index (χ1n) is 10.7. The Morgan fingerprint density at radius 2 is 1.61 bits per heavy atom. The van der Waals surface area contributed by atoms with Gasteiger partial charge in [0.2, 0.25) is 15.9 Å². The van der Waals surface area contributed by atoms with Gasteiger partial charge in [-0.3, -0.25) is 4.79 Å². The van der Waals surface area contributed by atoms with Gasteiger partial charge in [-0.1, -0.05) is 12.1 Å².